The molecule has 2 unspecified atom stereocenters. The van der Waals surface area contributed by atoms with Gasteiger partial charge in [-0.2, -0.15) is 0 Å². The van der Waals surface area contributed by atoms with Crippen LogP contribution in [0.25, 0.3) is 10.9 Å². The van der Waals surface area contributed by atoms with Crippen molar-refractivity contribution in [3.05, 3.63) is 30.5 Å². The van der Waals surface area contributed by atoms with E-state index >= 15 is 0 Å². The fourth-order valence-electron chi connectivity index (χ4n) is 2.91. The monoisotopic (exact) mass is 271 g/mol. The van der Waals surface area contributed by atoms with Gasteiger partial charge in [0.15, 0.2) is 0 Å². The van der Waals surface area contributed by atoms with Crippen LogP contribution in [0.5, 0.6) is 0 Å². The number of nitrogens with two attached hydrogens (primary N) is 1. The van der Waals surface area contributed by atoms with E-state index in [9.17, 15) is 0 Å². The maximum Gasteiger partial charge on any atom is 0.0951 e. The maximum atomic E-state index is 6.04. The van der Waals surface area contributed by atoms with Gasteiger partial charge in [-0.3, -0.25) is 4.98 Å². The van der Waals surface area contributed by atoms with E-state index in [1.54, 1.807) is 0 Å². The van der Waals surface area contributed by atoms with Crippen molar-refractivity contribution < 1.29 is 4.74 Å². The van der Waals surface area contributed by atoms with Crippen LogP contribution in [0, 0.1) is 0 Å². The molecule has 0 bridgehead atoms. The lowest BCUT2D eigenvalue weighted by Crippen LogP contribution is -2.48. The van der Waals surface area contributed by atoms with Crippen molar-refractivity contribution in [2.75, 3.05) is 23.8 Å². The second-order valence-electron chi connectivity index (χ2n) is 5.43. The molecule has 1 fully saturated rings. The first-order valence-corrected chi connectivity index (χ1v) is 7.22. The lowest BCUT2D eigenvalue weighted by atomic mass is 10.1. The zero-order valence-corrected chi connectivity index (χ0v) is 12.0. The number of rotatable bonds is 2. The first-order valence-electron chi connectivity index (χ1n) is 7.22. The first kappa shape index (κ1) is 13.2. The molecule has 1 aliphatic rings. The van der Waals surface area contributed by atoms with Crippen molar-refractivity contribution in [1.82, 2.24) is 4.98 Å². The SMILES string of the molecule is CCC1COC(C)CN1c1ccnc2c(N)cccc12. The Labute approximate surface area is 119 Å². The van der Waals surface area contributed by atoms with Gasteiger partial charge in [0.05, 0.1) is 30.0 Å². The first-order chi connectivity index (χ1) is 9.70. The summed E-state index contributed by atoms with van der Waals surface area (Å²) >= 11 is 0. The van der Waals surface area contributed by atoms with E-state index in [0.29, 0.717) is 6.04 Å². The molecule has 1 aromatic heterocycles. The number of aromatic nitrogens is 1. The third kappa shape index (κ3) is 2.20. The lowest BCUT2D eigenvalue weighted by molar-refractivity contribution is 0.0301. The van der Waals surface area contributed by atoms with Gasteiger partial charge in [0.2, 0.25) is 0 Å². The van der Waals surface area contributed by atoms with Crippen LogP contribution < -0.4 is 10.6 Å². The number of anilines is 2. The van der Waals surface area contributed by atoms with Gasteiger partial charge in [-0.25, -0.2) is 0 Å². The highest BCUT2D eigenvalue weighted by Gasteiger charge is 2.26. The van der Waals surface area contributed by atoms with Crippen molar-refractivity contribution >= 4 is 22.3 Å². The van der Waals surface area contributed by atoms with Gasteiger partial charge in [-0.15, -0.1) is 0 Å². The Bertz CT molecular complexity index is 614. The standard InChI is InChI=1S/C16H21N3O/c1-3-12-10-20-11(2)9-19(12)15-7-8-18-16-13(15)5-4-6-14(16)17/h4-8,11-12H,3,9-10,17H2,1-2H3. The minimum absolute atomic E-state index is 0.252. The molecular weight excluding hydrogens is 250 g/mol. The predicted octanol–water partition coefficient (Wildman–Crippen LogP) is 2.82. The second-order valence-corrected chi connectivity index (χ2v) is 5.43. The van der Waals surface area contributed by atoms with Gasteiger partial charge in [0, 0.05) is 23.8 Å². The Morgan fingerprint density at radius 1 is 1.40 bits per heavy atom. The van der Waals surface area contributed by atoms with Crippen LogP contribution in [0.4, 0.5) is 11.4 Å². The van der Waals surface area contributed by atoms with Gasteiger partial charge in [-0.1, -0.05) is 19.1 Å². The molecule has 0 amide bonds. The molecular formula is C16H21N3O. The molecule has 1 aliphatic heterocycles. The Kier molecular flexibility index (Phi) is 3.49. The summed E-state index contributed by atoms with van der Waals surface area (Å²) in [4.78, 5) is 6.87. The Morgan fingerprint density at radius 2 is 2.25 bits per heavy atom. The third-order valence-corrected chi connectivity index (χ3v) is 4.03. The van der Waals surface area contributed by atoms with Crippen molar-refractivity contribution in [2.45, 2.75) is 32.4 Å². The lowest BCUT2D eigenvalue weighted by Gasteiger charge is -2.40. The molecule has 0 aliphatic carbocycles. The summed E-state index contributed by atoms with van der Waals surface area (Å²) in [6.45, 7) is 6.02. The van der Waals surface area contributed by atoms with E-state index in [2.05, 4.69) is 35.9 Å². The minimum atomic E-state index is 0.252. The number of nitrogens with zero attached hydrogens (tertiary/aromatic N) is 2. The Morgan fingerprint density at radius 3 is 3.05 bits per heavy atom. The number of ether oxygens (including phenoxy) is 1. The summed E-state index contributed by atoms with van der Waals surface area (Å²) in [5.74, 6) is 0. The number of hydrogen-bond acceptors (Lipinski definition) is 4. The molecule has 0 saturated carbocycles. The highest BCUT2D eigenvalue weighted by atomic mass is 16.5. The average molecular weight is 271 g/mol. The van der Waals surface area contributed by atoms with Crippen LogP contribution in [0.1, 0.15) is 20.3 Å². The van der Waals surface area contributed by atoms with E-state index in [4.69, 9.17) is 10.5 Å². The highest BCUT2D eigenvalue weighted by molar-refractivity contribution is 5.98. The smallest absolute Gasteiger partial charge is 0.0951 e. The molecule has 0 radical (unpaired) electrons. The second kappa shape index (κ2) is 5.29. The minimum Gasteiger partial charge on any atom is -0.397 e. The summed E-state index contributed by atoms with van der Waals surface area (Å²) in [6.07, 6.45) is 3.17. The Hall–Kier alpha value is -1.81. The summed E-state index contributed by atoms with van der Waals surface area (Å²) in [5, 5.41) is 1.13. The third-order valence-electron chi connectivity index (χ3n) is 4.03. The Balaban J connectivity index is 2.10. The van der Waals surface area contributed by atoms with Gasteiger partial charge < -0.3 is 15.4 Å². The van der Waals surface area contributed by atoms with Crippen LogP contribution in [-0.4, -0.2) is 30.3 Å². The molecule has 3 rings (SSSR count). The normalized spacial score (nSPS) is 23.2. The summed E-state index contributed by atoms with van der Waals surface area (Å²) in [6, 6.07) is 8.49. The van der Waals surface area contributed by atoms with Crippen LogP contribution in [0.15, 0.2) is 30.5 Å². The summed E-state index contributed by atoms with van der Waals surface area (Å²) in [5.41, 5.74) is 8.88. The zero-order valence-electron chi connectivity index (χ0n) is 12.0. The number of fused-ring (bicyclic) bond motifs is 1. The van der Waals surface area contributed by atoms with Crippen molar-refractivity contribution in [3.63, 3.8) is 0 Å². The van der Waals surface area contributed by atoms with E-state index in [1.807, 2.05) is 18.3 Å². The number of nitrogen functional groups attached to an aromatic ring is 1. The largest absolute Gasteiger partial charge is 0.397 e. The number of morpholine rings is 1. The van der Waals surface area contributed by atoms with Crippen LogP contribution >= 0.6 is 0 Å². The molecule has 2 heterocycles. The van der Waals surface area contributed by atoms with Crippen LogP contribution in [0.2, 0.25) is 0 Å². The van der Waals surface area contributed by atoms with Crippen molar-refractivity contribution in [1.29, 1.82) is 0 Å². The number of hydrogen-bond donors (Lipinski definition) is 1. The van der Waals surface area contributed by atoms with Crippen LogP contribution in [-0.2, 0) is 4.74 Å². The van der Waals surface area contributed by atoms with Crippen molar-refractivity contribution in [2.24, 2.45) is 0 Å². The number of pyridine rings is 1. The molecule has 1 saturated heterocycles. The summed E-state index contributed by atoms with van der Waals surface area (Å²) < 4.78 is 5.79. The molecule has 2 atom stereocenters. The van der Waals surface area contributed by atoms with E-state index in [-0.39, 0.29) is 6.10 Å². The quantitative estimate of drug-likeness (QED) is 0.853. The molecule has 106 valence electrons. The fraction of sp³-hybridized carbons (Fsp3) is 0.438. The number of para-hydroxylation sites is 1. The molecule has 2 aromatic rings. The van der Waals surface area contributed by atoms with Gasteiger partial charge in [-0.05, 0) is 25.5 Å². The molecule has 20 heavy (non-hydrogen) atoms. The molecule has 0 spiro atoms. The zero-order chi connectivity index (χ0) is 14.1. The van der Waals surface area contributed by atoms with Gasteiger partial charge in [0.25, 0.3) is 0 Å². The van der Waals surface area contributed by atoms with Gasteiger partial charge in [0.1, 0.15) is 0 Å². The van der Waals surface area contributed by atoms with E-state index in [0.717, 1.165) is 36.2 Å². The molecule has 4 nitrogen and oxygen atoms in total. The average Bonchev–Trinajstić information content (AvgIpc) is 2.47. The molecule has 4 heteroatoms. The summed E-state index contributed by atoms with van der Waals surface area (Å²) in [7, 11) is 0. The van der Waals surface area contributed by atoms with Crippen molar-refractivity contribution in [3.8, 4) is 0 Å². The topological polar surface area (TPSA) is 51.4 Å². The molecule has 2 N–H and O–H groups in total. The van der Waals surface area contributed by atoms with Crippen LogP contribution in [0.3, 0.4) is 0 Å². The van der Waals surface area contributed by atoms with E-state index in [1.165, 1.54) is 5.69 Å². The van der Waals surface area contributed by atoms with E-state index < -0.39 is 0 Å². The fourth-order valence-corrected chi connectivity index (χ4v) is 2.91. The number of benzene rings is 1. The molecule has 1 aromatic carbocycles. The predicted molar refractivity (Wildman–Crippen MR) is 83.0 cm³/mol. The highest BCUT2D eigenvalue weighted by Crippen LogP contribution is 2.31. The maximum absolute atomic E-state index is 6.04. The van der Waals surface area contributed by atoms with Gasteiger partial charge >= 0.3 is 0 Å².